The van der Waals surface area contributed by atoms with Gasteiger partial charge in [0.05, 0.1) is 6.54 Å². The molecule has 0 aromatic carbocycles. The summed E-state index contributed by atoms with van der Waals surface area (Å²) in [5.74, 6) is 1.08. The first-order chi connectivity index (χ1) is 6.88. The molecule has 0 saturated heterocycles. The molecule has 1 rings (SSSR count). The zero-order chi connectivity index (χ0) is 10.2. The van der Waals surface area contributed by atoms with Gasteiger partial charge in [0.1, 0.15) is 0 Å². The van der Waals surface area contributed by atoms with Gasteiger partial charge in [-0.15, -0.1) is 5.10 Å². The lowest BCUT2D eigenvalue weighted by Gasteiger charge is -2.01. The van der Waals surface area contributed by atoms with E-state index in [1.54, 1.807) is 16.4 Å². The van der Waals surface area contributed by atoms with Gasteiger partial charge in [0, 0.05) is 12.3 Å². The van der Waals surface area contributed by atoms with Crippen molar-refractivity contribution in [2.75, 3.05) is 12.3 Å². The zero-order valence-corrected chi connectivity index (χ0v) is 9.33. The Kier molecular flexibility index (Phi) is 5.55. The topological polar surface area (TPSA) is 69.6 Å². The highest BCUT2D eigenvalue weighted by molar-refractivity contribution is 7.99. The number of thioether (sulfide) groups is 1. The van der Waals surface area contributed by atoms with Crippen molar-refractivity contribution in [1.82, 2.24) is 20.2 Å². The van der Waals surface area contributed by atoms with Crippen LogP contribution in [0.4, 0.5) is 0 Å². The molecule has 0 aliphatic carbocycles. The number of hydrogen-bond acceptors (Lipinski definition) is 5. The Balaban J connectivity index is 2.30. The average Bonchev–Trinajstić information content (AvgIpc) is 2.61. The fourth-order valence-electron chi connectivity index (χ4n) is 1.08. The van der Waals surface area contributed by atoms with E-state index in [1.165, 1.54) is 19.3 Å². The van der Waals surface area contributed by atoms with Crippen LogP contribution in [0.3, 0.4) is 0 Å². The van der Waals surface area contributed by atoms with Crippen molar-refractivity contribution in [1.29, 1.82) is 0 Å². The molecule has 0 spiro atoms. The Morgan fingerprint density at radius 2 is 2.29 bits per heavy atom. The number of aromatic nitrogens is 4. The molecule has 6 heteroatoms. The lowest BCUT2D eigenvalue weighted by atomic mass is 10.3. The summed E-state index contributed by atoms with van der Waals surface area (Å²) in [5, 5.41) is 12.3. The van der Waals surface area contributed by atoms with Crippen LogP contribution in [-0.2, 0) is 6.54 Å². The standard InChI is InChI=1S/C8H17N5S/c1-2-3-4-7-14-8-10-11-12-13(8)6-5-9/h2-7,9H2,1H3. The van der Waals surface area contributed by atoms with Crippen LogP contribution in [0, 0.1) is 0 Å². The molecule has 1 aromatic rings. The van der Waals surface area contributed by atoms with E-state index >= 15 is 0 Å². The van der Waals surface area contributed by atoms with Gasteiger partial charge in [-0.3, -0.25) is 0 Å². The van der Waals surface area contributed by atoms with Gasteiger partial charge in [0.25, 0.3) is 0 Å². The van der Waals surface area contributed by atoms with Crippen LogP contribution in [0.5, 0.6) is 0 Å². The van der Waals surface area contributed by atoms with E-state index < -0.39 is 0 Å². The maximum absolute atomic E-state index is 5.44. The van der Waals surface area contributed by atoms with E-state index in [9.17, 15) is 0 Å². The molecule has 1 heterocycles. The van der Waals surface area contributed by atoms with E-state index in [0.717, 1.165) is 10.9 Å². The number of rotatable bonds is 7. The molecule has 0 fully saturated rings. The molecule has 0 saturated carbocycles. The predicted octanol–water partition coefficient (Wildman–Crippen LogP) is 0.914. The molecule has 2 N–H and O–H groups in total. The minimum absolute atomic E-state index is 0.577. The Morgan fingerprint density at radius 1 is 1.43 bits per heavy atom. The Hall–Kier alpha value is -0.620. The first kappa shape index (κ1) is 11.5. The summed E-state index contributed by atoms with van der Waals surface area (Å²) in [4.78, 5) is 0. The highest BCUT2D eigenvalue weighted by Crippen LogP contribution is 2.15. The van der Waals surface area contributed by atoms with E-state index in [2.05, 4.69) is 22.4 Å². The molecule has 0 radical (unpaired) electrons. The lowest BCUT2D eigenvalue weighted by molar-refractivity contribution is 0.556. The smallest absolute Gasteiger partial charge is 0.209 e. The Bertz CT molecular complexity index is 250. The summed E-state index contributed by atoms with van der Waals surface area (Å²) in [6.45, 7) is 3.47. The van der Waals surface area contributed by atoms with Crippen LogP contribution in [0.1, 0.15) is 26.2 Å². The van der Waals surface area contributed by atoms with Crippen molar-refractivity contribution >= 4 is 11.8 Å². The van der Waals surface area contributed by atoms with Gasteiger partial charge in [-0.2, -0.15) is 0 Å². The predicted molar refractivity (Wildman–Crippen MR) is 57.1 cm³/mol. The maximum atomic E-state index is 5.44. The fourth-order valence-corrected chi connectivity index (χ4v) is 1.98. The van der Waals surface area contributed by atoms with Crippen LogP contribution in [0.15, 0.2) is 5.16 Å². The van der Waals surface area contributed by atoms with Gasteiger partial charge >= 0.3 is 0 Å². The summed E-state index contributed by atoms with van der Waals surface area (Å²) >= 11 is 1.70. The molecule has 0 aliphatic rings. The second-order valence-corrected chi connectivity index (χ2v) is 4.09. The molecular formula is C8H17N5S. The van der Waals surface area contributed by atoms with Crippen molar-refractivity contribution in [2.45, 2.75) is 37.9 Å². The van der Waals surface area contributed by atoms with Gasteiger partial charge in [0.15, 0.2) is 0 Å². The molecule has 0 atom stereocenters. The number of unbranched alkanes of at least 4 members (excludes halogenated alkanes) is 2. The SMILES string of the molecule is CCCCCSc1nnnn1CCN. The second kappa shape index (κ2) is 6.78. The normalized spacial score (nSPS) is 10.7. The minimum atomic E-state index is 0.577. The Labute approximate surface area is 88.4 Å². The van der Waals surface area contributed by atoms with Crippen LogP contribution in [0.25, 0.3) is 0 Å². The van der Waals surface area contributed by atoms with Crippen molar-refractivity contribution < 1.29 is 0 Å². The van der Waals surface area contributed by atoms with Gasteiger partial charge < -0.3 is 5.73 Å². The van der Waals surface area contributed by atoms with Gasteiger partial charge in [-0.1, -0.05) is 31.5 Å². The molecule has 80 valence electrons. The number of hydrogen-bond donors (Lipinski definition) is 1. The van der Waals surface area contributed by atoms with Crippen LogP contribution < -0.4 is 5.73 Å². The molecular weight excluding hydrogens is 198 g/mol. The second-order valence-electron chi connectivity index (χ2n) is 3.03. The molecule has 0 amide bonds. The first-order valence-corrected chi connectivity index (χ1v) is 5.96. The number of nitrogens with two attached hydrogens (primary N) is 1. The van der Waals surface area contributed by atoms with Crippen LogP contribution in [0.2, 0.25) is 0 Å². The fraction of sp³-hybridized carbons (Fsp3) is 0.875. The highest BCUT2D eigenvalue weighted by atomic mass is 32.2. The highest BCUT2D eigenvalue weighted by Gasteiger charge is 2.04. The van der Waals surface area contributed by atoms with E-state index in [0.29, 0.717) is 13.1 Å². The van der Waals surface area contributed by atoms with E-state index in [4.69, 9.17) is 5.73 Å². The van der Waals surface area contributed by atoms with E-state index in [1.807, 2.05) is 0 Å². The maximum Gasteiger partial charge on any atom is 0.209 e. The van der Waals surface area contributed by atoms with Crippen molar-refractivity contribution in [3.8, 4) is 0 Å². The first-order valence-electron chi connectivity index (χ1n) is 4.97. The lowest BCUT2D eigenvalue weighted by Crippen LogP contribution is -2.12. The molecule has 0 aliphatic heterocycles. The van der Waals surface area contributed by atoms with Gasteiger partial charge in [-0.25, -0.2) is 4.68 Å². The number of nitrogens with zero attached hydrogens (tertiary/aromatic N) is 4. The third-order valence-corrected chi connectivity index (χ3v) is 2.86. The quantitative estimate of drug-likeness (QED) is 0.541. The summed E-state index contributed by atoms with van der Waals surface area (Å²) in [6, 6.07) is 0. The molecule has 1 aromatic heterocycles. The molecule has 14 heavy (non-hydrogen) atoms. The summed E-state index contributed by atoms with van der Waals surface area (Å²) in [7, 11) is 0. The van der Waals surface area contributed by atoms with Crippen LogP contribution >= 0.6 is 11.8 Å². The van der Waals surface area contributed by atoms with Gasteiger partial charge in [0.2, 0.25) is 5.16 Å². The third kappa shape index (κ3) is 3.63. The third-order valence-electron chi connectivity index (χ3n) is 1.82. The van der Waals surface area contributed by atoms with E-state index in [-0.39, 0.29) is 0 Å². The zero-order valence-electron chi connectivity index (χ0n) is 8.52. The molecule has 0 unspecified atom stereocenters. The summed E-state index contributed by atoms with van der Waals surface area (Å²) in [5.41, 5.74) is 5.44. The average molecular weight is 215 g/mol. The number of tetrazole rings is 1. The van der Waals surface area contributed by atoms with Gasteiger partial charge in [-0.05, 0) is 16.8 Å². The van der Waals surface area contributed by atoms with Crippen molar-refractivity contribution in [2.24, 2.45) is 5.73 Å². The summed E-state index contributed by atoms with van der Waals surface area (Å²) < 4.78 is 1.76. The summed E-state index contributed by atoms with van der Waals surface area (Å²) in [6.07, 6.45) is 3.73. The van der Waals surface area contributed by atoms with Crippen LogP contribution in [-0.4, -0.2) is 32.5 Å². The van der Waals surface area contributed by atoms with Crippen molar-refractivity contribution in [3.63, 3.8) is 0 Å². The minimum Gasteiger partial charge on any atom is -0.329 e. The molecule has 0 bridgehead atoms. The monoisotopic (exact) mass is 215 g/mol. The Morgan fingerprint density at radius 3 is 3.00 bits per heavy atom. The largest absolute Gasteiger partial charge is 0.329 e. The van der Waals surface area contributed by atoms with Crippen molar-refractivity contribution in [3.05, 3.63) is 0 Å². The molecule has 5 nitrogen and oxygen atoms in total.